The van der Waals surface area contributed by atoms with Crippen molar-refractivity contribution in [1.82, 2.24) is 0 Å². The minimum absolute atomic E-state index is 0.135. The quantitative estimate of drug-likeness (QED) is 0.394. The van der Waals surface area contributed by atoms with E-state index < -0.39 is 22.3 Å². The molecule has 0 aromatic rings. The minimum atomic E-state index is -5.65. The zero-order chi connectivity index (χ0) is 18.1. The van der Waals surface area contributed by atoms with Gasteiger partial charge in [0.1, 0.15) is 5.78 Å². The van der Waals surface area contributed by atoms with Crippen molar-refractivity contribution in [2.75, 3.05) is 6.61 Å². The van der Waals surface area contributed by atoms with Crippen molar-refractivity contribution in [3.05, 3.63) is 23.3 Å². The van der Waals surface area contributed by atoms with Crippen molar-refractivity contribution >= 4 is 21.4 Å². The second-order valence-corrected chi connectivity index (χ2v) is 7.81. The Morgan fingerprint density at radius 2 is 1.52 bits per heavy atom. The van der Waals surface area contributed by atoms with Gasteiger partial charge in [0.2, 0.25) is 0 Å². The third kappa shape index (κ3) is 14.7. The zero-order valence-corrected chi connectivity index (χ0v) is 15.1. The summed E-state index contributed by atoms with van der Waals surface area (Å²) in [6, 6.07) is 0. The maximum atomic E-state index is 11.0. The van der Waals surface area contributed by atoms with Crippen LogP contribution in [-0.2, 0) is 22.8 Å². The molecule has 0 radical (unpaired) electrons. The number of carbonyl (C=O) groups is 1. The Hall–Kier alpha value is -0.590. The monoisotopic (exact) mass is 367 g/mol. The zero-order valence-electron chi connectivity index (χ0n) is 13.4. The van der Waals surface area contributed by atoms with Crippen molar-refractivity contribution in [3.8, 4) is 0 Å². The summed E-state index contributed by atoms with van der Waals surface area (Å²) < 4.78 is 28.8. The van der Waals surface area contributed by atoms with Crippen LogP contribution >= 0.6 is 15.6 Å². The van der Waals surface area contributed by atoms with Gasteiger partial charge in [-0.3, -0.25) is 8.88 Å². The third-order valence-corrected chi connectivity index (χ3v) is 4.83. The molecule has 23 heavy (non-hydrogen) atoms. The molecule has 134 valence electrons. The Balaban J connectivity index is 4.18. The summed E-state index contributed by atoms with van der Waals surface area (Å²) in [5.74, 6) is 0.135. The van der Waals surface area contributed by atoms with E-state index in [0.29, 0.717) is 25.7 Å². The molecule has 0 bridgehead atoms. The number of hydrogen-bond donors (Lipinski definition) is 0. The molecule has 1 atom stereocenters. The molecule has 10 heteroatoms. The number of carbonyl (C=O) groups excluding carboxylic acids is 1. The van der Waals surface area contributed by atoms with Gasteiger partial charge in [-0.1, -0.05) is 23.3 Å². The van der Waals surface area contributed by atoms with Crippen LogP contribution in [0.25, 0.3) is 0 Å². The van der Waals surface area contributed by atoms with Gasteiger partial charge in [0.25, 0.3) is 7.82 Å². The highest BCUT2D eigenvalue weighted by Gasteiger charge is 2.10. The van der Waals surface area contributed by atoms with Crippen LogP contribution in [0, 0.1) is 0 Å². The van der Waals surface area contributed by atoms with E-state index in [0.717, 1.165) is 11.1 Å². The normalized spacial score (nSPS) is 16.3. The van der Waals surface area contributed by atoms with Gasteiger partial charge < -0.3 is 28.6 Å². The molecule has 0 aromatic carbocycles. The number of ketones is 1. The fourth-order valence-electron chi connectivity index (χ4n) is 1.54. The largest absolute Gasteiger partial charge is 0.790 e. The van der Waals surface area contributed by atoms with E-state index in [1.807, 2.05) is 13.0 Å². The molecule has 0 amide bonds. The molecule has 0 N–H and O–H groups in total. The van der Waals surface area contributed by atoms with E-state index in [9.17, 15) is 28.6 Å². The summed E-state index contributed by atoms with van der Waals surface area (Å²) in [6.07, 6.45) is 6.02. The first kappa shape index (κ1) is 22.4. The molecule has 0 fully saturated rings. The average molecular weight is 367 g/mol. The van der Waals surface area contributed by atoms with Crippen LogP contribution in [0.5, 0.6) is 0 Å². The van der Waals surface area contributed by atoms with Crippen molar-refractivity contribution < 1.29 is 37.4 Å². The maximum Gasteiger partial charge on any atom is 0.272 e. The lowest BCUT2D eigenvalue weighted by Gasteiger charge is -2.34. The first-order chi connectivity index (χ1) is 10.4. The lowest BCUT2D eigenvalue weighted by molar-refractivity contribution is -0.339. The maximum absolute atomic E-state index is 11.0. The molecular formula is C13H21O8P2-3. The molecular weight excluding hydrogens is 346 g/mol. The van der Waals surface area contributed by atoms with E-state index in [1.165, 1.54) is 13.0 Å². The van der Waals surface area contributed by atoms with E-state index in [4.69, 9.17) is 0 Å². The number of allylic oxidation sites excluding steroid dienone is 3. The van der Waals surface area contributed by atoms with E-state index in [2.05, 4.69) is 8.83 Å². The summed E-state index contributed by atoms with van der Waals surface area (Å²) in [6.45, 7) is 4.81. The predicted octanol–water partition coefficient (Wildman–Crippen LogP) is 1.36. The Kier molecular flexibility index (Phi) is 10.0. The van der Waals surface area contributed by atoms with Crippen LogP contribution < -0.4 is 14.7 Å². The molecule has 0 heterocycles. The fraction of sp³-hybridized carbons (Fsp3) is 0.615. The molecule has 0 saturated carbocycles. The van der Waals surface area contributed by atoms with Gasteiger partial charge >= 0.3 is 0 Å². The highest BCUT2D eigenvalue weighted by atomic mass is 31.3. The van der Waals surface area contributed by atoms with Gasteiger partial charge in [-0.2, -0.15) is 0 Å². The van der Waals surface area contributed by atoms with Crippen molar-refractivity contribution in [1.29, 1.82) is 0 Å². The molecule has 0 saturated heterocycles. The first-order valence-electron chi connectivity index (χ1n) is 6.91. The van der Waals surface area contributed by atoms with Crippen molar-refractivity contribution in [2.24, 2.45) is 0 Å². The van der Waals surface area contributed by atoms with Crippen LogP contribution in [-0.4, -0.2) is 12.4 Å². The summed E-state index contributed by atoms with van der Waals surface area (Å²) >= 11 is 0. The topological polar surface area (TPSA) is 139 Å². The number of Topliss-reactive ketones (excluding diaryl/α,β-unsaturated/α-hetero) is 1. The standard InChI is InChI=1S/C13H24O8P2/c1-11(7-8-13(3)14)5-4-6-12(2)9-10-20-23(18,19)21-22(15,16)17/h5,9H,4,6-8,10H2,1-3H3,(H,18,19)(H2,15,16,17)/p-3/b11-5+,12-9+. The number of phosphoric acid groups is 2. The van der Waals surface area contributed by atoms with Gasteiger partial charge in [0.05, 0.1) is 14.4 Å². The summed E-state index contributed by atoms with van der Waals surface area (Å²) in [5, 5.41) is 0. The molecule has 8 nitrogen and oxygen atoms in total. The second-order valence-electron chi connectivity index (χ2n) is 5.11. The predicted molar refractivity (Wildman–Crippen MR) is 78.9 cm³/mol. The van der Waals surface area contributed by atoms with Crippen LogP contribution in [0.4, 0.5) is 0 Å². The van der Waals surface area contributed by atoms with Crippen molar-refractivity contribution in [3.63, 3.8) is 0 Å². The van der Waals surface area contributed by atoms with Crippen LogP contribution in [0.15, 0.2) is 23.3 Å². The molecule has 0 aromatic heterocycles. The minimum Gasteiger partial charge on any atom is -0.790 e. The highest BCUT2D eigenvalue weighted by Crippen LogP contribution is 2.50. The van der Waals surface area contributed by atoms with Gasteiger partial charge in [-0.15, -0.1) is 0 Å². The Morgan fingerprint density at radius 3 is 2.04 bits per heavy atom. The van der Waals surface area contributed by atoms with Crippen LogP contribution in [0.1, 0.15) is 46.5 Å². The second kappa shape index (κ2) is 10.3. The Morgan fingerprint density at radius 1 is 0.957 bits per heavy atom. The van der Waals surface area contributed by atoms with Crippen molar-refractivity contribution in [2.45, 2.75) is 46.5 Å². The van der Waals surface area contributed by atoms with Gasteiger partial charge in [0, 0.05) is 6.42 Å². The van der Waals surface area contributed by atoms with E-state index in [1.54, 1.807) is 6.92 Å². The third-order valence-electron chi connectivity index (χ3n) is 2.77. The lowest BCUT2D eigenvalue weighted by atomic mass is 10.1. The molecule has 0 spiro atoms. The first-order valence-corrected chi connectivity index (χ1v) is 9.83. The summed E-state index contributed by atoms with van der Waals surface area (Å²) in [4.78, 5) is 42.3. The number of hydrogen-bond acceptors (Lipinski definition) is 8. The molecule has 0 aliphatic heterocycles. The molecule has 0 aliphatic carbocycles. The fourth-order valence-corrected chi connectivity index (χ4v) is 2.97. The van der Waals surface area contributed by atoms with Crippen LogP contribution in [0.2, 0.25) is 0 Å². The smallest absolute Gasteiger partial charge is 0.272 e. The van der Waals surface area contributed by atoms with Crippen LogP contribution in [0.3, 0.4) is 0 Å². The summed E-state index contributed by atoms with van der Waals surface area (Å²) in [7, 11) is -10.8. The molecule has 1 unspecified atom stereocenters. The number of phosphoric ester groups is 1. The lowest BCUT2D eigenvalue weighted by Crippen LogP contribution is -2.19. The van der Waals surface area contributed by atoms with E-state index in [-0.39, 0.29) is 5.78 Å². The van der Waals surface area contributed by atoms with Gasteiger partial charge in [-0.05, 0) is 40.0 Å². The van der Waals surface area contributed by atoms with Gasteiger partial charge in [0.15, 0.2) is 0 Å². The van der Waals surface area contributed by atoms with Gasteiger partial charge in [-0.25, -0.2) is 0 Å². The Bertz CT molecular complexity index is 546. The SMILES string of the molecule is CC(=O)CC/C(C)=C/CC/C(C)=C/COP(=O)([O-])OP(=O)([O-])[O-]. The highest BCUT2D eigenvalue weighted by molar-refractivity contribution is 7.58. The Labute approximate surface area is 136 Å². The average Bonchev–Trinajstić information content (AvgIpc) is 2.33. The summed E-state index contributed by atoms with van der Waals surface area (Å²) in [5.41, 5.74) is 1.93. The number of rotatable bonds is 11. The molecule has 0 rings (SSSR count). The van der Waals surface area contributed by atoms with E-state index >= 15 is 0 Å². The molecule has 0 aliphatic rings.